The maximum atomic E-state index is 12.0. The van der Waals surface area contributed by atoms with E-state index in [-0.39, 0.29) is 5.91 Å². The number of nitrogens with two attached hydrogens (primary N) is 1. The molecule has 4 nitrogen and oxygen atoms in total. The molecular formula is C14H15N3OS2. The minimum Gasteiger partial charge on any atom is -0.389 e. The van der Waals surface area contributed by atoms with Crippen LogP contribution in [0.15, 0.2) is 30.5 Å². The van der Waals surface area contributed by atoms with Crippen molar-refractivity contribution in [3.05, 3.63) is 51.5 Å². The molecule has 1 aromatic carbocycles. The summed E-state index contributed by atoms with van der Waals surface area (Å²) in [6, 6.07) is 6.91. The second kappa shape index (κ2) is 6.58. The molecule has 2 aromatic rings. The van der Waals surface area contributed by atoms with Gasteiger partial charge in [-0.15, -0.1) is 11.3 Å². The van der Waals surface area contributed by atoms with E-state index in [1.165, 1.54) is 4.88 Å². The number of carbonyl (C=O) groups excluding carboxylic acids is 1. The van der Waals surface area contributed by atoms with Gasteiger partial charge in [0, 0.05) is 22.2 Å². The van der Waals surface area contributed by atoms with Crippen molar-refractivity contribution < 1.29 is 4.79 Å². The molecule has 0 unspecified atom stereocenters. The van der Waals surface area contributed by atoms with E-state index in [0.717, 1.165) is 17.0 Å². The molecule has 0 saturated heterocycles. The Balaban J connectivity index is 1.96. The zero-order valence-corrected chi connectivity index (χ0v) is 12.7. The van der Waals surface area contributed by atoms with E-state index in [9.17, 15) is 4.79 Å². The summed E-state index contributed by atoms with van der Waals surface area (Å²) < 4.78 is 0. The Labute approximate surface area is 127 Å². The smallest absolute Gasteiger partial charge is 0.251 e. The van der Waals surface area contributed by atoms with Crippen LogP contribution in [0, 0.1) is 0 Å². The number of carbonyl (C=O) groups is 1. The van der Waals surface area contributed by atoms with Crippen LogP contribution in [0.4, 0.5) is 0 Å². The van der Waals surface area contributed by atoms with Crippen LogP contribution in [0.3, 0.4) is 0 Å². The van der Waals surface area contributed by atoms with Crippen molar-refractivity contribution in [2.24, 2.45) is 5.73 Å². The molecule has 0 aliphatic carbocycles. The summed E-state index contributed by atoms with van der Waals surface area (Å²) in [5, 5.41) is 3.76. The van der Waals surface area contributed by atoms with E-state index in [0.29, 0.717) is 17.1 Å². The first kappa shape index (κ1) is 14.6. The van der Waals surface area contributed by atoms with Crippen molar-refractivity contribution in [2.45, 2.75) is 19.9 Å². The van der Waals surface area contributed by atoms with E-state index in [1.807, 2.05) is 6.20 Å². The zero-order valence-electron chi connectivity index (χ0n) is 11.1. The lowest BCUT2D eigenvalue weighted by Gasteiger charge is -2.04. The number of amides is 1. The second-order valence-corrected chi connectivity index (χ2v) is 5.84. The minimum absolute atomic E-state index is 0.132. The molecule has 0 aliphatic rings. The third kappa shape index (κ3) is 3.61. The summed E-state index contributed by atoms with van der Waals surface area (Å²) in [4.78, 5) is 17.8. The van der Waals surface area contributed by atoms with Gasteiger partial charge < -0.3 is 11.1 Å². The number of hydrogen-bond acceptors (Lipinski definition) is 4. The first-order chi connectivity index (χ1) is 9.60. The number of aryl methyl sites for hydroxylation is 1. The molecule has 1 amide bonds. The molecule has 0 atom stereocenters. The van der Waals surface area contributed by atoms with Gasteiger partial charge in [0.1, 0.15) is 10.00 Å². The third-order valence-corrected chi connectivity index (χ3v) is 4.16. The number of thiazole rings is 1. The van der Waals surface area contributed by atoms with Crippen LogP contribution in [0.2, 0.25) is 0 Å². The Morgan fingerprint density at radius 1 is 1.35 bits per heavy atom. The van der Waals surface area contributed by atoms with E-state index in [2.05, 4.69) is 17.2 Å². The van der Waals surface area contributed by atoms with E-state index >= 15 is 0 Å². The molecule has 3 N–H and O–H groups in total. The maximum absolute atomic E-state index is 12.0. The highest BCUT2D eigenvalue weighted by molar-refractivity contribution is 7.80. The summed E-state index contributed by atoms with van der Waals surface area (Å²) in [6.07, 6.45) is 2.81. The van der Waals surface area contributed by atoms with Gasteiger partial charge in [-0.05, 0) is 18.6 Å². The lowest BCUT2D eigenvalue weighted by atomic mass is 10.1. The lowest BCUT2D eigenvalue weighted by Crippen LogP contribution is -2.22. The minimum atomic E-state index is -0.132. The number of hydrogen-bond donors (Lipinski definition) is 2. The fraction of sp³-hybridized carbons (Fsp3) is 0.214. The van der Waals surface area contributed by atoms with Crippen LogP contribution in [0.5, 0.6) is 0 Å². The molecule has 0 spiro atoms. The zero-order chi connectivity index (χ0) is 14.5. The van der Waals surface area contributed by atoms with Crippen LogP contribution in [0.25, 0.3) is 0 Å². The molecule has 0 saturated carbocycles. The van der Waals surface area contributed by atoms with Crippen molar-refractivity contribution in [3.8, 4) is 0 Å². The first-order valence-electron chi connectivity index (χ1n) is 6.21. The Kier molecular flexibility index (Phi) is 4.81. The topological polar surface area (TPSA) is 68.0 Å². The van der Waals surface area contributed by atoms with Crippen molar-refractivity contribution in [1.82, 2.24) is 10.3 Å². The second-order valence-electron chi connectivity index (χ2n) is 4.20. The maximum Gasteiger partial charge on any atom is 0.251 e. The van der Waals surface area contributed by atoms with Crippen LogP contribution in [-0.2, 0) is 13.0 Å². The number of nitrogens with zero attached hydrogens (tertiary/aromatic N) is 1. The standard InChI is InChI=1S/C14H15N3OS2/c1-2-11-7-16-12(20-11)8-17-14(18)10-5-3-9(4-6-10)13(15)19/h3-7H,2,8H2,1H3,(H2,15,19)(H,17,18). The summed E-state index contributed by atoms with van der Waals surface area (Å²) in [5.41, 5.74) is 6.85. The van der Waals surface area contributed by atoms with Gasteiger partial charge in [0.15, 0.2) is 0 Å². The van der Waals surface area contributed by atoms with E-state index < -0.39 is 0 Å². The Morgan fingerprint density at radius 3 is 2.55 bits per heavy atom. The van der Waals surface area contributed by atoms with Gasteiger partial charge >= 0.3 is 0 Å². The average Bonchev–Trinajstić information content (AvgIpc) is 2.93. The van der Waals surface area contributed by atoms with Gasteiger partial charge in [-0.1, -0.05) is 31.3 Å². The van der Waals surface area contributed by atoms with Gasteiger partial charge in [0.25, 0.3) is 5.91 Å². The van der Waals surface area contributed by atoms with Crippen LogP contribution < -0.4 is 11.1 Å². The lowest BCUT2D eigenvalue weighted by molar-refractivity contribution is 0.0951. The monoisotopic (exact) mass is 305 g/mol. The highest BCUT2D eigenvalue weighted by Crippen LogP contribution is 2.13. The fourth-order valence-electron chi connectivity index (χ4n) is 1.64. The molecule has 104 valence electrons. The number of thiocarbonyl (C=S) groups is 1. The molecule has 20 heavy (non-hydrogen) atoms. The van der Waals surface area contributed by atoms with Crippen LogP contribution in [-0.4, -0.2) is 15.9 Å². The Morgan fingerprint density at radius 2 is 2.00 bits per heavy atom. The quantitative estimate of drug-likeness (QED) is 0.832. The molecule has 0 fully saturated rings. The van der Waals surface area contributed by atoms with Gasteiger partial charge in [0.2, 0.25) is 0 Å². The summed E-state index contributed by atoms with van der Waals surface area (Å²) in [7, 11) is 0. The highest BCUT2D eigenvalue weighted by atomic mass is 32.1. The highest BCUT2D eigenvalue weighted by Gasteiger charge is 2.07. The predicted molar refractivity (Wildman–Crippen MR) is 85.0 cm³/mol. The van der Waals surface area contributed by atoms with Crippen LogP contribution >= 0.6 is 23.6 Å². The first-order valence-corrected chi connectivity index (χ1v) is 7.44. The molecule has 6 heteroatoms. The number of rotatable bonds is 5. The average molecular weight is 305 g/mol. The fourth-order valence-corrected chi connectivity index (χ4v) is 2.58. The van der Waals surface area contributed by atoms with Crippen LogP contribution in [0.1, 0.15) is 32.7 Å². The van der Waals surface area contributed by atoms with E-state index in [1.54, 1.807) is 35.6 Å². The van der Waals surface area contributed by atoms with Gasteiger partial charge in [-0.25, -0.2) is 4.98 Å². The molecule has 1 heterocycles. The molecular weight excluding hydrogens is 290 g/mol. The van der Waals surface area contributed by atoms with Gasteiger partial charge in [-0.2, -0.15) is 0 Å². The molecule has 1 aromatic heterocycles. The van der Waals surface area contributed by atoms with Crippen molar-refractivity contribution in [2.75, 3.05) is 0 Å². The predicted octanol–water partition coefficient (Wildman–Crippen LogP) is 2.27. The Bertz CT molecular complexity index is 620. The largest absolute Gasteiger partial charge is 0.389 e. The third-order valence-electron chi connectivity index (χ3n) is 2.78. The Hall–Kier alpha value is -1.79. The van der Waals surface area contributed by atoms with E-state index in [4.69, 9.17) is 18.0 Å². The van der Waals surface area contributed by atoms with Crippen molar-refractivity contribution >= 4 is 34.5 Å². The SMILES string of the molecule is CCc1cnc(CNC(=O)c2ccc(C(N)=S)cc2)s1. The van der Waals surface area contributed by atoms with Gasteiger partial charge in [0.05, 0.1) is 6.54 Å². The summed E-state index contributed by atoms with van der Waals surface area (Å²) in [5.74, 6) is -0.132. The normalized spacial score (nSPS) is 10.2. The molecule has 2 rings (SSSR count). The van der Waals surface area contributed by atoms with Crippen molar-refractivity contribution in [3.63, 3.8) is 0 Å². The van der Waals surface area contributed by atoms with Crippen molar-refractivity contribution in [1.29, 1.82) is 0 Å². The number of nitrogens with one attached hydrogen (secondary N) is 1. The number of aromatic nitrogens is 1. The molecule has 0 bridgehead atoms. The molecule has 0 aliphatic heterocycles. The summed E-state index contributed by atoms with van der Waals surface area (Å²) in [6.45, 7) is 2.53. The summed E-state index contributed by atoms with van der Waals surface area (Å²) >= 11 is 6.49. The van der Waals surface area contributed by atoms with Gasteiger partial charge in [-0.3, -0.25) is 4.79 Å². The molecule has 0 radical (unpaired) electrons. The number of benzene rings is 1.